The highest BCUT2D eigenvalue weighted by atomic mass is 16.3. The first-order valence-corrected chi connectivity index (χ1v) is 5.93. The Morgan fingerprint density at radius 3 is 2.81 bits per heavy atom. The fourth-order valence-corrected chi connectivity index (χ4v) is 2.18. The van der Waals surface area contributed by atoms with E-state index in [0.717, 1.165) is 32.3 Å². The second-order valence-electron chi connectivity index (χ2n) is 4.38. The topological polar surface area (TPSA) is 64.0 Å². The van der Waals surface area contributed by atoms with Crippen LogP contribution < -0.4 is 0 Å². The first kappa shape index (κ1) is 13.4. The molecule has 5 heteroatoms. The molecular formula is C11H22N2O3. The lowest BCUT2D eigenvalue weighted by atomic mass is 10.1. The molecule has 1 saturated heterocycles. The second kappa shape index (κ2) is 6.83. The maximum Gasteiger partial charge on any atom is 0.210 e. The van der Waals surface area contributed by atoms with Crippen molar-refractivity contribution in [1.82, 2.24) is 9.80 Å². The maximum atomic E-state index is 10.8. The van der Waals surface area contributed by atoms with E-state index >= 15 is 0 Å². The van der Waals surface area contributed by atoms with Crippen LogP contribution >= 0.6 is 0 Å². The van der Waals surface area contributed by atoms with Crippen LogP contribution in [-0.2, 0) is 4.79 Å². The molecule has 0 aromatic rings. The zero-order valence-electron chi connectivity index (χ0n) is 9.88. The molecule has 1 fully saturated rings. The highest BCUT2D eigenvalue weighted by Crippen LogP contribution is 2.13. The van der Waals surface area contributed by atoms with Gasteiger partial charge in [-0.15, -0.1) is 0 Å². The third-order valence-electron chi connectivity index (χ3n) is 3.05. The Balaban J connectivity index is 2.44. The molecule has 0 bridgehead atoms. The average Bonchev–Trinajstić information content (AvgIpc) is 2.30. The van der Waals surface area contributed by atoms with E-state index in [2.05, 4.69) is 11.8 Å². The largest absolute Gasteiger partial charge is 0.394 e. The summed E-state index contributed by atoms with van der Waals surface area (Å²) < 4.78 is 0. The van der Waals surface area contributed by atoms with Crippen LogP contribution in [0.4, 0.5) is 0 Å². The van der Waals surface area contributed by atoms with Crippen LogP contribution in [0.2, 0.25) is 0 Å². The minimum absolute atomic E-state index is 0.202. The van der Waals surface area contributed by atoms with Crippen LogP contribution in [0.3, 0.4) is 0 Å². The van der Waals surface area contributed by atoms with Crippen molar-refractivity contribution in [3.8, 4) is 0 Å². The van der Waals surface area contributed by atoms with Gasteiger partial charge in [-0.1, -0.05) is 13.3 Å². The summed E-state index contributed by atoms with van der Waals surface area (Å²) in [5.41, 5.74) is 0. The van der Waals surface area contributed by atoms with Crippen molar-refractivity contribution in [3.05, 3.63) is 0 Å². The van der Waals surface area contributed by atoms with Gasteiger partial charge in [-0.2, -0.15) is 0 Å². The Morgan fingerprint density at radius 2 is 2.25 bits per heavy atom. The van der Waals surface area contributed by atoms with E-state index < -0.39 is 6.10 Å². The van der Waals surface area contributed by atoms with Crippen molar-refractivity contribution in [2.45, 2.75) is 31.9 Å². The molecule has 0 saturated carbocycles. The summed E-state index contributed by atoms with van der Waals surface area (Å²) >= 11 is 0. The first-order valence-electron chi connectivity index (χ1n) is 5.93. The van der Waals surface area contributed by atoms with Gasteiger partial charge in [0, 0.05) is 32.2 Å². The van der Waals surface area contributed by atoms with Crippen molar-refractivity contribution in [2.24, 2.45) is 0 Å². The van der Waals surface area contributed by atoms with Crippen LogP contribution in [0.25, 0.3) is 0 Å². The van der Waals surface area contributed by atoms with Gasteiger partial charge in [0.2, 0.25) is 6.41 Å². The number of hydrogen-bond donors (Lipinski definition) is 2. The van der Waals surface area contributed by atoms with Gasteiger partial charge in [0.15, 0.2) is 0 Å². The Kier molecular flexibility index (Phi) is 5.73. The number of carbonyl (C=O) groups excluding carboxylic acids is 1. The van der Waals surface area contributed by atoms with Crippen LogP contribution in [0.5, 0.6) is 0 Å². The molecule has 2 atom stereocenters. The number of aliphatic hydroxyl groups is 2. The summed E-state index contributed by atoms with van der Waals surface area (Å²) in [6, 6.07) is 0.252. The first-order chi connectivity index (χ1) is 7.71. The molecule has 1 aliphatic heterocycles. The van der Waals surface area contributed by atoms with Gasteiger partial charge in [0.1, 0.15) is 0 Å². The number of β-amino-alcohol motifs (C(OH)–C–C–N with tert-alkyl or cyclic N) is 1. The number of rotatable bonds is 6. The number of nitrogens with zero attached hydrogens (tertiary/aromatic N) is 2. The molecule has 1 rings (SSSR count). The van der Waals surface area contributed by atoms with E-state index in [0.29, 0.717) is 13.1 Å². The summed E-state index contributed by atoms with van der Waals surface area (Å²) in [5, 5.41) is 18.2. The lowest BCUT2D eigenvalue weighted by Crippen LogP contribution is -2.54. The van der Waals surface area contributed by atoms with Gasteiger partial charge in [0.05, 0.1) is 12.7 Å². The number of carbonyl (C=O) groups is 1. The summed E-state index contributed by atoms with van der Waals surface area (Å²) in [6.45, 7) is 4.67. The molecule has 0 aromatic heterocycles. The van der Waals surface area contributed by atoms with Gasteiger partial charge >= 0.3 is 0 Å². The molecule has 0 spiro atoms. The monoisotopic (exact) mass is 230 g/mol. The lowest BCUT2D eigenvalue weighted by Gasteiger charge is -2.40. The highest BCUT2D eigenvalue weighted by molar-refractivity contribution is 5.48. The Morgan fingerprint density at radius 1 is 1.50 bits per heavy atom. The Bertz CT molecular complexity index is 213. The van der Waals surface area contributed by atoms with Crippen LogP contribution in [0.15, 0.2) is 0 Å². The normalized spacial score (nSPS) is 24.4. The molecule has 0 aliphatic carbocycles. The molecular weight excluding hydrogens is 208 g/mol. The second-order valence-corrected chi connectivity index (χ2v) is 4.38. The van der Waals surface area contributed by atoms with E-state index in [4.69, 9.17) is 5.11 Å². The van der Waals surface area contributed by atoms with Gasteiger partial charge in [-0.25, -0.2) is 0 Å². The molecule has 16 heavy (non-hydrogen) atoms. The minimum atomic E-state index is -0.676. The highest BCUT2D eigenvalue weighted by Gasteiger charge is 2.25. The average molecular weight is 230 g/mol. The molecule has 0 radical (unpaired) electrons. The Labute approximate surface area is 96.7 Å². The fourth-order valence-electron chi connectivity index (χ4n) is 2.18. The standard InChI is InChI=1S/C11H22N2O3/c1-2-3-10-6-12(7-11(16)8-14)4-5-13(10)9-15/h9-11,14,16H,2-8H2,1H3/t10-,11?/m0/s1. The number of piperazine rings is 1. The SMILES string of the molecule is CCC[C@H]1CN(CC(O)CO)CCN1C=O. The molecule has 5 nitrogen and oxygen atoms in total. The summed E-state index contributed by atoms with van der Waals surface area (Å²) in [5.74, 6) is 0. The smallest absolute Gasteiger partial charge is 0.210 e. The molecule has 1 amide bonds. The van der Waals surface area contributed by atoms with E-state index in [-0.39, 0.29) is 12.6 Å². The number of hydrogen-bond acceptors (Lipinski definition) is 4. The molecule has 94 valence electrons. The van der Waals surface area contributed by atoms with E-state index in [1.165, 1.54) is 0 Å². The minimum Gasteiger partial charge on any atom is -0.394 e. The van der Waals surface area contributed by atoms with Crippen molar-refractivity contribution in [1.29, 1.82) is 0 Å². The van der Waals surface area contributed by atoms with E-state index in [1.54, 1.807) is 0 Å². The lowest BCUT2D eigenvalue weighted by molar-refractivity contribution is -0.123. The van der Waals surface area contributed by atoms with Crippen molar-refractivity contribution in [2.75, 3.05) is 32.8 Å². The van der Waals surface area contributed by atoms with Crippen LogP contribution in [-0.4, -0.2) is 71.4 Å². The summed E-state index contributed by atoms with van der Waals surface area (Å²) in [7, 11) is 0. The number of amides is 1. The number of aliphatic hydroxyl groups excluding tert-OH is 2. The van der Waals surface area contributed by atoms with Gasteiger partial charge in [-0.3, -0.25) is 9.69 Å². The zero-order valence-corrected chi connectivity index (χ0v) is 9.88. The van der Waals surface area contributed by atoms with Gasteiger partial charge in [-0.05, 0) is 6.42 Å². The molecule has 2 N–H and O–H groups in total. The van der Waals surface area contributed by atoms with Gasteiger partial charge < -0.3 is 15.1 Å². The molecule has 1 heterocycles. The van der Waals surface area contributed by atoms with Crippen molar-refractivity contribution >= 4 is 6.41 Å². The van der Waals surface area contributed by atoms with E-state index in [1.807, 2.05) is 4.90 Å². The summed E-state index contributed by atoms with van der Waals surface area (Å²) in [4.78, 5) is 14.8. The Hall–Kier alpha value is -0.650. The van der Waals surface area contributed by atoms with Gasteiger partial charge in [0.25, 0.3) is 0 Å². The predicted molar refractivity (Wildman–Crippen MR) is 61.0 cm³/mol. The molecule has 0 aromatic carbocycles. The third-order valence-corrected chi connectivity index (χ3v) is 3.05. The predicted octanol–water partition coefficient (Wildman–Crippen LogP) is -0.718. The fraction of sp³-hybridized carbons (Fsp3) is 0.909. The quantitative estimate of drug-likeness (QED) is 0.591. The van der Waals surface area contributed by atoms with Crippen LogP contribution in [0, 0.1) is 0 Å². The summed E-state index contributed by atoms with van der Waals surface area (Å²) in [6.07, 6.45) is 2.28. The molecule has 1 aliphatic rings. The third kappa shape index (κ3) is 3.73. The van der Waals surface area contributed by atoms with E-state index in [9.17, 15) is 9.90 Å². The van der Waals surface area contributed by atoms with Crippen molar-refractivity contribution < 1.29 is 15.0 Å². The van der Waals surface area contributed by atoms with Crippen molar-refractivity contribution in [3.63, 3.8) is 0 Å². The van der Waals surface area contributed by atoms with Crippen LogP contribution in [0.1, 0.15) is 19.8 Å². The zero-order chi connectivity index (χ0) is 12.0. The maximum absolute atomic E-state index is 10.8. The molecule has 1 unspecified atom stereocenters.